The molecule has 0 atom stereocenters. The van der Waals surface area contributed by atoms with E-state index in [-0.39, 0.29) is 28.9 Å². The number of Topliss-reactive ketones (excluding diaryl/α,β-unsaturated/α-hetero) is 1. The van der Waals surface area contributed by atoms with Gasteiger partial charge in [-0.25, -0.2) is 8.78 Å². The molecule has 0 aromatic heterocycles. The molecule has 0 aliphatic carbocycles. The Morgan fingerprint density at radius 2 is 1.86 bits per heavy atom. The first-order chi connectivity index (χ1) is 10.5. The van der Waals surface area contributed by atoms with Crippen LogP contribution in [-0.2, 0) is 11.3 Å². The Balaban J connectivity index is 1.99. The summed E-state index contributed by atoms with van der Waals surface area (Å²) in [6.07, 6.45) is 0. The van der Waals surface area contributed by atoms with Crippen LogP contribution in [0, 0.1) is 23.0 Å². The zero-order chi connectivity index (χ0) is 15.9. The quantitative estimate of drug-likeness (QED) is 0.801. The summed E-state index contributed by atoms with van der Waals surface area (Å²) < 4.78 is 27.1. The molecule has 3 rings (SSSR count). The van der Waals surface area contributed by atoms with Gasteiger partial charge in [-0.3, -0.25) is 9.59 Å². The van der Waals surface area contributed by atoms with Gasteiger partial charge in [-0.05, 0) is 30.3 Å². The molecule has 4 nitrogen and oxygen atoms in total. The van der Waals surface area contributed by atoms with Crippen molar-refractivity contribution in [2.45, 2.75) is 6.54 Å². The van der Waals surface area contributed by atoms with Crippen LogP contribution in [0.5, 0.6) is 0 Å². The van der Waals surface area contributed by atoms with Crippen LogP contribution in [0.15, 0.2) is 36.4 Å². The normalized spacial score (nSPS) is 13.2. The number of benzene rings is 2. The van der Waals surface area contributed by atoms with Crippen LogP contribution >= 0.6 is 0 Å². The van der Waals surface area contributed by atoms with E-state index in [1.807, 2.05) is 6.07 Å². The van der Waals surface area contributed by atoms with Gasteiger partial charge in [0.15, 0.2) is 0 Å². The average Bonchev–Trinajstić information content (AvgIpc) is 2.74. The lowest BCUT2D eigenvalue weighted by molar-refractivity contribution is -0.114. The SMILES string of the molecule is N#Cc1ccc(CN2C(=O)C(=O)c3cc(F)ccc32)c(F)c1. The fraction of sp³-hybridized carbons (Fsp3) is 0.0625. The summed E-state index contributed by atoms with van der Waals surface area (Å²) in [7, 11) is 0. The predicted octanol–water partition coefficient (Wildman–Crippen LogP) is 2.57. The Bertz CT molecular complexity index is 856. The zero-order valence-electron chi connectivity index (χ0n) is 11.1. The molecular weight excluding hydrogens is 290 g/mol. The summed E-state index contributed by atoms with van der Waals surface area (Å²) in [5.74, 6) is -2.91. The maximum absolute atomic E-state index is 13.9. The average molecular weight is 298 g/mol. The molecule has 2 aromatic carbocycles. The standard InChI is InChI=1S/C16H8F2N2O2/c17-11-3-4-14-12(6-11)15(21)16(22)20(14)8-10-2-1-9(7-19)5-13(10)18/h1-6H,8H2. The third-order valence-electron chi connectivity index (χ3n) is 3.44. The molecule has 2 aromatic rings. The molecule has 1 aliphatic rings. The van der Waals surface area contributed by atoms with Gasteiger partial charge in [0.05, 0.1) is 29.4 Å². The zero-order valence-corrected chi connectivity index (χ0v) is 11.1. The molecule has 1 aliphatic heterocycles. The number of hydrogen-bond donors (Lipinski definition) is 0. The minimum atomic E-state index is -0.829. The summed E-state index contributed by atoms with van der Waals surface area (Å²) in [4.78, 5) is 24.9. The van der Waals surface area contributed by atoms with E-state index >= 15 is 0 Å². The van der Waals surface area contributed by atoms with Crippen molar-refractivity contribution in [1.29, 1.82) is 5.26 Å². The second-order valence-electron chi connectivity index (χ2n) is 4.80. The van der Waals surface area contributed by atoms with Gasteiger partial charge in [-0.15, -0.1) is 0 Å². The number of nitriles is 1. The van der Waals surface area contributed by atoms with Crippen molar-refractivity contribution < 1.29 is 18.4 Å². The summed E-state index contributed by atoms with van der Waals surface area (Å²) in [5, 5.41) is 8.71. The van der Waals surface area contributed by atoms with Gasteiger partial charge in [-0.1, -0.05) is 6.07 Å². The number of ketones is 1. The highest BCUT2D eigenvalue weighted by atomic mass is 19.1. The first kappa shape index (κ1) is 13.9. The lowest BCUT2D eigenvalue weighted by Crippen LogP contribution is -2.29. The fourth-order valence-electron chi connectivity index (χ4n) is 2.35. The summed E-state index contributed by atoms with van der Waals surface area (Å²) >= 11 is 0. The van der Waals surface area contributed by atoms with Crippen LogP contribution in [0.25, 0.3) is 0 Å². The molecule has 1 heterocycles. The molecule has 0 bridgehead atoms. The van der Waals surface area contributed by atoms with Crippen molar-refractivity contribution >= 4 is 17.4 Å². The monoisotopic (exact) mass is 298 g/mol. The third-order valence-corrected chi connectivity index (χ3v) is 3.44. The van der Waals surface area contributed by atoms with E-state index in [0.717, 1.165) is 23.1 Å². The van der Waals surface area contributed by atoms with E-state index in [1.54, 1.807) is 0 Å². The minimum absolute atomic E-state index is 0.0287. The molecular formula is C16H8F2N2O2. The smallest absolute Gasteiger partial charge is 0.299 e. The Hall–Kier alpha value is -3.07. The second kappa shape index (κ2) is 5.04. The molecule has 0 saturated heterocycles. The highest BCUT2D eigenvalue weighted by Crippen LogP contribution is 2.31. The van der Waals surface area contributed by atoms with Gasteiger partial charge in [0, 0.05) is 5.56 Å². The van der Waals surface area contributed by atoms with Crippen molar-refractivity contribution in [2.75, 3.05) is 4.90 Å². The molecule has 0 fully saturated rings. The van der Waals surface area contributed by atoms with Crippen molar-refractivity contribution in [3.05, 3.63) is 64.7 Å². The molecule has 22 heavy (non-hydrogen) atoms. The summed E-state index contributed by atoms with van der Waals surface area (Å²) in [5.41, 5.74) is 0.545. The number of carbonyl (C=O) groups excluding carboxylic acids is 2. The first-order valence-corrected chi connectivity index (χ1v) is 6.35. The van der Waals surface area contributed by atoms with E-state index in [4.69, 9.17) is 5.26 Å². The van der Waals surface area contributed by atoms with Crippen LogP contribution in [-0.4, -0.2) is 11.7 Å². The number of halogens is 2. The van der Waals surface area contributed by atoms with Crippen molar-refractivity contribution in [3.63, 3.8) is 0 Å². The van der Waals surface area contributed by atoms with Gasteiger partial charge in [0.25, 0.3) is 11.7 Å². The molecule has 0 unspecified atom stereocenters. The van der Waals surface area contributed by atoms with Crippen LogP contribution in [0.1, 0.15) is 21.5 Å². The number of carbonyl (C=O) groups is 2. The van der Waals surface area contributed by atoms with Crippen LogP contribution in [0.2, 0.25) is 0 Å². The van der Waals surface area contributed by atoms with E-state index in [1.165, 1.54) is 18.2 Å². The van der Waals surface area contributed by atoms with E-state index in [9.17, 15) is 18.4 Å². The van der Waals surface area contributed by atoms with E-state index in [2.05, 4.69) is 0 Å². The largest absolute Gasteiger partial charge is 0.300 e. The van der Waals surface area contributed by atoms with Crippen molar-refractivity contribution in [3.8, 4) is 6.07 Å². The second-order valence-corrected chi connectivity index (χ2v) is 4.80. The lowest BCUT2D eigenvalue weighted by Gasteiger charge is -2.17. The van der Waals surface area contributed by atoms with Gasteiger partial charge in [-0.2, -0.15) is 5.26 Å². The van der Waals surface area contributed by atoms with Crippen molar-refractivity contribution in [1.82, 2.24) is 0 Å². The third kappa shape index (κ3) is 2.13. The number of hydrogen-bond acceptors (Lipinski definition) is 3. The number of fused-ring (bicyclic) bond motifs is 1. The molecule has 0 saturated carbocycles. The number of anilines is 1. The topological polar surface area (TPSA) is 61.2 Å². The van der Waals surface area contributed by atoms with Crippen LogP contribution in [0.4, 0.5) is 14.5 Å². The molecule has 0 spiro atoms. The van der Waals surface area contributed by atoms with Gasteiger partial charge >= 0.3 is 0 Å². The van der Waals surface area contributed by atoms with Gasteiger partial charge < -0.3 is 4.90 Å². The highest BCUT2D eigenvalue weighted by molar-refractivity contribution is 6.52. The fourth-order valence-corrected chi connectivity index (χ4v) is 2.35. The minimum Gasteiger partial charge on any atom is -0.300 e. The van der Waals surface area contributed by atoms with Crippen LogP contribution < -0.4 is 4.90 Å². The van der Waals surface area contributed by atoms with Gasteiger partial charge in [0.2, 0.25) is 0 Å². The van der Waals surface area contributed by atoms with Gasteiger partial charge in [0.1, 0.15) is 11.6 Å². The first-order valence-electron chi connectivity index (χ1n) is 6.35. The molecule has 0 radical (unpaired) electrons. The van der Waals surface area contributed by atoms with Crippen LogP contribution in [0.3, 0.4) is 0 Å². The number of rotatable bonds is 2. The molecule has 1 amide bonds. The lowest BCUT2D eigenvalue weighted by atomic mass is 10.1. The predicted molar refractivity (Wildman–Crippen MR) is 73.0 cm³/mol. The Labute approximate surface area is 124 Å². The molecule has 6 heteroatoms. The number of nitrogens with zero attached hydrogens (tertiary/aromatic N) is 2. The van der Waals surface area contributed by atoms with E-state index < -0.39 is 23.3 Å². The Morgan fingerprint density at radius 1 is 1.09 bits per heavy atom. The Morgan fingerprint density at radius 3 is 2.55 bits per heavy atom. The highest BCUT2D eigenvalue weighted by Gasteiger charge is 2.36. The van der Waals surface area contributed by atoms with Crippen molar-refractivity contribution in [2.24, 2.45) is 0 Å². The number of amides is 1. The summed E-state index contributed by atoms with van der Waals surface area (Å²) in [6, 6.07) is 9.11. The van der Waals surface area contributed by atoms with E-state index in [0.29, 0.717) is 0 Å². The molecule has 108 valence electrons. The maximum atomic E-state index is 13.9. The Kier molecular flexibility index (Phi) is 3.18. The summed E-state index contributed by atoms with van der Waals surface area (Å²) in [6.45, 7) is -0.166. The molecule has 0 N–H and O–H groups in total. The maximum Gasteiger partial charge on any atom is 0.299 e.